The highest BCUT2D eigenvalue weighted by atomic mass is 79.9. The van der Waals surface area contributed by atoms with Gasteiger partial charge in [-0.3, -0.25) is 9.59 Å². The molecule has 1 aromatic heterocycles. The highest BCUT2D eigenvalue weighted by Crippen LogP contribution is 2.29. The third-order valence-corrected chi connectivity index (χ3v) is 3.46. The summed E-state index contributed by atoms with van der Waals surface area (Å²) in [7, 11) is 1.23. The molecule has 0 aliphatic carbocycles. The fourth-order valence-corrected chi connectivity index (χ4v) is 2.34. The third-order valence-electron chi connectivity index (χ3n) is 3.03. The molecule has 1 fully saturated rings. The minimum Gasteiger partial charge on any atom is -0.464 e. The first-order valence-corrected chi connectivity index (χ1v) is 6.57. The lowest BCUT2D eigenvalue weighted by molar-refractivity contribution is -0.123. The second-order valence-corrected chi connectivity index (χ2v) is 5.24. The van der Waals surface area contributed by atoms with Crippen molar-refractivity contribution in [2.75, 3.05) is 18.6 Å². The molecule has 0 saturated carbocycles. The lowest BCUT2D eigenvalue weighted by Gasteiger charge is -2.18. The molecular formula is C12H12BrN3O4. The molecule has 1 aliphatic rings. The molecular weight excluding hydrogens is 330 g/mol. The predicted octanol–water partition coefficient (Wildman–Crippen LogP) is 0.469. The first kappa shape index (κ1) is 14.4. The highest BCUT2D eigenvalue weighted by molar-refractivity contribution is 9.10. The lowest BCUT2D eigenvalue weighted by Crippen LogP contribution is -2.30. The minimum atomic E-state index is -0.650. The molecule has 2 rings (SSSR count). The quantitative estimate of drug-likeness (QED) is 0.805. The summed E-state index contributed by atoms with van der Waals surface area (Å²) < 4.78 is 5.25. The van der Waals surface area contributed by atoms with Crippen LogP contribution in [0.1, 0.15) is 16.9 Å². The van der Waals surface area contributed by atoms with E-state index >= 15 is 0 Å². The van der Waals surface area contributed by atoms with Crippen molar-refractivity contribution in [1.29, 1.82) is 0 Å². The zero-order chi connectivity index (χ0) is 14.9. The van der Waals surface area contributed by atoms with Gasteiger partial charge in [0.05, 0.1) is 18.7 Å². The molecule has 1 unspecified atom stereocenters. The van der Waals surface area contributed by atoms with Crippen molar-refractivity contribution >= 4 is 39.4 Å². The Hall–Kier alpha value is -1.96. The summed E-state index contributed by atoms with van der Waals surface area (Å²) in [6.07, 6.45) is 1.46. The normalized spacial score (nSPS) is 18.2. The fraction of sp³-hybridized carbons (Fsp3) is 0.333. The van der Waals surface area contributed by atoms with Crippen LogP contribution in [0.25, 0.3) is 0 Å². The molecule has 8 heteroatoms. The second kappa shape index (κ2) is 5.58. The Bertz CT molecular complexity index is 590. The number of halogens is 1. The van der Waals surface area contributed by atoms with Gasteiger partial charge in [0.25, 0.3) is 0 Å². The molecule has 1 aliphatic heterocycles. The standard InChI is InChI=1S/C12H12BrN3O4/c1-20-12(19)10-8(3-7(13)4-15-10)16-5-6(11(14)18)2-9(16)17/h3-4,6H,2,5H2,1H3,(H2,14,18). The molecule has 7 nitrogen and oxygen atoms in total. The van der Waals surface area contributed by atoms with Gasteiger partial charge in [-0.15, -0.1) is 0 Å². The monoisotopic (exact) mass is 341 g/mol. The molecule has 106 valence electrons. The Balaban J connectivity index is 2.42. The van der Waals surface area contributed by atoms with Crippen molar-refractivity contribution in [2.45, 2.75) is 6.42 Å². The number of aromatic nitrogens is 1. The number of rotatable bonds is 3. The van der Waals surface area contributed by atoms with Crippen molar-refractivity contribution in [2.24, 2.45) is 11.7 Å². The van der Waals surface area contributed by atoms with Crippen LogP contribution < -0.4 is 10.6 Å². The third kappa shape index (κ3) is 2.64. The van der Waals surface area contributed by atoms with Crippen LogP contribution in [0, 0.1) is 5.92 Å². The van der Waals surface area contributed by atoms with Crippen molar-refractivity contribution in [3.8, 4) is 0 Å². The minimum absolute atomic E-state index is 0.0224. The van der Waals surface area contributed by atoms with E-state index in [9.17, 15) is 14.4 Å². The number of methoxy groups -OCH3 is 1. The fourth-order valence-electron chi connectivity index (χ4n) is 2.02. The smallest absolute Gasteiger partial charge is 0.358 e. The summed E-state index contributed by atoms with van der Waals surface area (Å²) in [6, 6.07) is 1.58. The summed E-state index contributed by atoms with van der Waals surface area (Å²) in [4.78, 5) is 40.2. The van der Waals surface area contributed by atoms with E-state index < -0.39 is 17.8 Å². The van der Waals surface area contributed by atoms with E-state index in [1.54, 1.807) is 6.07 Å². The molecule has 0 spiro atoms. The Kier molecular flexibility index (Phi) is 4.03. The number of pyridine rings is 1. The van der Waals surface area contributed by atoms with E-state index in [4.69, 9.17) is 5.73 Å². The van der Waals surface area contributed by atoms with E-state index in [1.807, 2.05) is 0 Å². The highest BCUT2D eigenvalue weighted by Gasteiger charge is 2.36. The number of hydrogen-bond acceptors (Lipinski definition) is 5. The van der Waals surface area contributed by atoms with Crippen molar-refractivity contribution < 1.29 is 19.1 Å². The zero-order valence-electron chi connectivity index (χ0n) is 10.6. The second-order valence-electron chi connectivity index (χ2n) is 4.32. The van der Waals surface area contributed by atoms with Gasteiger partial charge in [-0.25, -0.2) is 9.78 Å². The van der Waals surface area contributed by atoms with Crippen LogP contribution in [0.5, 0.6) is 0 Å². The number of carbonyl (C=O) groups excluding carboxylic acids is 3. The molecule has 2 amide bonds. The SMILES string of the molecule is COC(=O)c1ncc(Br)cc1N1CC(C(N)=O)CC1=O. The number of ether oxygens (including phenoxy) is 1. The zero-order valence-corrected chi connectivity index (χ0v) is 12.2. The number of anilines is 1. The van der Waals surface area contributed by atoms with Crippen LogP contribution in [-0.4, -0.2) is 36.4 Å². The van der Waals surface area contributed by atoms with Crippen LogP contribution in [0.15, 0.2) is 16.7 Å². The molecule has 0 aromatic carbocycles. The Morgan fingerprint density at radius 3 is 2.80 bits per heavy atom. The summed E-state index contributed by atoms with van der Waals surface area (Å²) in [5.41, 5.74) is 5.55. The van der Waals surface area contributed by atoms with Crippen LogP contribution in [0.2, 0.25) is 0 Å². The van der Waals surface area contributed by atoms with E-state index in [0.29, 0.717) is 10.2 Å². The maximum absolute atomic E-state index is 12.0. The maximum atomic E-state index is 12.0. The molecule has 1 aromatic rings. The molecule has 0 bridgehead atoms. The molecule has 0 radical (unpaired) electrons. The van der Waals surface area contributed by atoms with Gasteiger partial charge in [0.1, 0.15) is 0 Å². The van der Waals surface area contributed by atoms with Gasteiger partial charge >= 0.3 is 5.97 Å². The number of hydrogen-bond donors (Lipinski definition) is 1. The van der Waals surface area contributed by atoms with Crippen molar-refractivity contribution in [3.63, 3.8) is 0 Å². The number of esters is 1. The number of nitrogens with zero attached hydrogens (tertiary/aromatic N) is 2. The van der Waals surface area contributed by atoms with Gasteiger partial charge in [-0.2, -0.15) is 0 Å². The van der Waals surface area contributed by atoms with Crippen molar-refractivity contribution in [1.82, 2.24) is 4.98 Å². The van der Waals surface area contributed by atoms with E-state index in [2.05, 4.69) is 25.7 Å². The average molecular weight is 342 g/mol. The molecule has 2 heterocycles. The Labute approximate surface area is 123 Å². The maximum Gasteiger partial charge on any atom is 0.358 e. The Morgan fingerprint density at radius 1 is 1.55 bits per heavy atom. The topological polar surface area (TPSA) is 103 Å². The molecule has 1 saturated heterocycles. The number of carbonyl (C=O) groups is 3. The van der Waals surface area contributed by atoms with Gasteiger partial charge < -0.3 is 15.4 Å². The van der Waals surface area contributed by atoms with Crippen molar-refractivity contribution in [3.05, 3.63) is 22.4 Å². The van der Waals surface area contributed by atoms with Crippen LogP contribution >= 0.6 is 15.9 Å². The van der Waals surface area contributed by atoms with Gasteiger partial charge in [-0.05, 0) is 22.0 Å². The van der Waals surface area contributed by atoms with E-state index in [0.717, 1.165) is 0 Å². The summed E-state index contributed by atoms with van der Waals surface area (Å²) in [6.45, 7) is 0.135. The molecule has 1 atom stereocenters. The largest absolute Gasteiger partial charge is 0.464 e. The number of amides is 2. The first-order chi connectivity index (χ1) is 9.43. The van der Waals surface area contributed by atoms with E-state index in [-0.39, 0.29) is 24.6 Å². The summed E-state index contributed by atoms with van der Waals surface area (Å²) in [5.74, 6) is -2.03. The predicted molar refractivity (Wildman–Crippen MR) is 72.9 cm³/mol. The van der Waals surface area contributed by atoms with Crippen LogP contribution in [-0.2, 0) is 14.3 Å². The number of primary amides is 1. The molecule has 2 N–H and O–H groups in total. The van der Waals surface area contributed by atoms with E-state index in [1.165, 1.54) is 18.2 Å². The summed E-state index contributed by atoms with van der Waals surface area (Å²) >= 11 is 3.23. The number of nitrogens with two attached hydrogens (primary N) is 1. The van der Waals surface area contributed by atoms with Gasteiger partial charge in [0.2, 0.25) is 11.8 Å². The van der Waals surface area contributed by atoms with Gasteiger partial charge in [0, 0.05) is 23.6 Å². The van der Waals surface area contributed by atoms with Gasteiger partial charge in [-0.1, -0.05) is 0 Å². The summed E-state index contributed by atoms with van der Waals surface area (Å²) in [5, 5.41) is 0. The first-order valence-electron chi connectivity index (χ1n) is 5.77. The Morgan fingerprint density at radius 2 is 2.25 bits per heavy atom. The van der Waals surface area contributed by atoms with Crippen LogP contribution in [0.4, 0.5) is 5.69 Å². The van der Waals surface area contributed by atoms with Crippen LogP contribution in [0.3, 0.4) is 0 Å². The average Bonchev–Trinajstić information content (AvgIpc) is 2.80. The lowest BCUT2D eigenvalue weighted by atomic mass is 10.1. The van der Waals surface area contributed by atoms with Gasteiger partial charge in [0.15, 0.2) is 5.69 Å². The molecule has 20 heavy (non-hydrogen) atoms.